The summed E-state index contributed by atoms with van der Waals surface area (Å²) >= 11 is 0. The number of nitrogens with zero attached hydrogens (tertiary/aromatic N) is 1. The zero-order valence-electron chi connectivity index (χ0n) is 16.5. The third kappa shape index (κ3) is 6.10. The fourth-order valence-corrected chi connectivity index (χ4v) is 3.32. The first kappa shape index (κ1) is 21.0. The van der Waals surface area contributed by atoms with Gasteiger partial charge in [-0.1, -0.05) is 24.3 Å². The van der Waals surface area contributed by atoms with Crippen molar-refractivity contribution in [2.45, 2.75) is 19.5 Å². The fraction of sp³-hybridized carbons (Fsp3) is 0.364. The number of rotatable bonds is 7. The average Bonchev–Trinajstić information content (AvgIpc) is 2.74. The van der Waals surface area contributed by atoms with Crippen LogP contribution in [0, 0.1) is 5.82 Å². The Labute approximate surface area is 170 Å². The first-order valence-corrected chi connectivity index (χ1v) is 9.72. The van der Waals surface area contributed by atoms with Crippen LogP contribution >= 0.6 is 0 Å². The third-order valence-electron chi connectivity index (χ3n) is 4.95. The standard InChI is InChI=1S/C22H26FN3O3/c1-16(27)24-14-17-2-4-19(5-3-17)22(28)25-15-21(26-10-12-29-13-11-26)18-6-8-20(23)9-7-18/h2-9,21H,10-15H2,1H3,(H,24,27)(H,25,28)/t21-/m0/s1. The van der Waals surface area contributed by atoms with E-state index in [2.05, 4.69) is 15.5 Å². The van der Waals surface area contributed by atoms with Crippen LogP contribution in [0.5, 0.6) is 0 Å². The number of hydrogen-bond acceptors (Lipinski definition) is 4. The second kappa shape index (κ2) is 10.1. The molecule has 2 aromatic rings. The van der Waals surface area contributed by atoms with Crippen molar-refractivity contribution >= 4 is 11.8 Å². The molecule has 0 aromatic heterocycles. The Morgan fingerprint density at radius 2 is 1.69 bits per heavy atom. The molecule has 0 aliphatic carbocycles. The Bertz CT molecular complexity index is 818. The van der Waals surface area contributed by atoms with Crippen LogP contribution in [0.15, 0.2) is 48.5 Å². The van der Waals surface area contributed by atoms with Crippen molar-refractivity contribution in [3.63, 3.8) is 0 Å². The van der Waals surface area contributed by atoms with E-state index in [-0.39, 0.29) is 23.7 Å². The number of halogens is 1. The molecule has 1 saturated heterocycles. The molecule has 1 fully saturated rings. The second-order valence-corrected chi connectivity index (χ2v) is 7.03. The lowest BCUT2D eigenvalue weighted by Crippen LogP contribution is -2.43. The second-order valence-electron chi connectivity index (χ2n) is 7.03. The molecule has 154 valence electrons. The lowest BCUT2D eigenvalue weighted by Gasteiger charge is -2.35. The predicted molar refractivity (Wildman–Crippen MR) is 108 cm³/mol. The molecule has 2 aromatic carbocycles. The molecule has 6 nitrogen and oxygen atoms in total. The first-order chi connectivity index (χ1) is 14.0. The topological polar surface area (TPSA) is 70.7 Å². The van der Waals surface area contributed by atoms with Crippen LogP contribution in [0.25, 0.3) is 0 Å². The molecule has 2 N–H and O–H groups in total. The van der Waals surface area contributed by atoms with Crippen molar-refractivity contribution in [3.05, 3.63) is 71.0 Å². The minimum Gasteiger partial charge on any atom is -0.379 e. The van der Waals surface area contributed by atoms with E-state index in [4.69, 9.17) is 4.74 Å². The summed E-state index contributed by atoms with van der Waals surface area (Å²) in [5.41, 5.74) is 2.44. The van der Waals surface area contributed by atoms with E-state index in [1.165, 1.54) is 19.1 Å². The summed E-state index contributed by atoms with van der Waals surface area (Å²) in [4.78, 5) is 25.9. The van der Waals surface area contributed by atoms with E-state index < -0.39 is 0 Å². The molecule has 0 spiro atoms. The lowest BCUT2D eigenvalue weighted by molar-refractivity contribution is -0.119. The molecule has 1 aliphatic heterocycles. The summed E-state index contributed by atoms with van der Waals surface area (Å²) in [5.74, 6) is -0.545. The van der Waals surface area contributed by atoms with Crippen molar-refractivity contribution < 1.29 is 18.7 Å². The Morgan fingerprint density at radius 1 is 1.03 bits per heavy atom. The number of amides is 2. The SMILES string of the molecule is CC(=O)NCc1ccc(C(=O)NC[C@@H](c2ccc(F)cc2)N2CCOCC2)cc1. The van der Waals surface area contributed by atoms with Crippen LogP contribution in [0.4, 0.5) is 4.39 Å². The smallest absolute Gasteiger partial charge is 0.251 e. The summed E-state index contributed by atoms with van der Waals surface area (Å²) in [7, 11) is 0. The normalized spacial score (nSPS) is 15.5. The molecule has 29 heavy (non-hydrogen) atoms. The lowest BCUT2D eigenvalue weighted by atomic mass is 10.0. The molecule has 7 heteroatoms. The van der Waals surface area contributed by atoms with Gasteiger partial charge in [-0.15, -0.1) is 0 Å². The van der Waals surface area contributed by atoms with E-state index in [0.29, 0.717) is 31.9 Å². The van der Waals surface area contributed by atoms with Gasteiger partial charge in [0.2, 0.25) is 5.91 Å². The molecule has 1 aliphatic rings. The summed E-state index contributed by atoms with van der Waals surface area (Å²) in [6.45, 7) is 5.11. The molecule has 0 bridgehead atoms. The molecule has 3 rings (SSSR count). The average molecular weight is 399 g/mol. The number of benzene rings is 2. The maximum absolute atomic E-state index is 13.3. The number of morpholine rings is 1. The van der Waals surface area contributed by atoms with Gasteiger partial charge < -0.3 is 15.4 Å². The molecule has 1 atom stereocenters. The van der Waals surface area contributed by atoms with Gasteiger partial charge in [-0.25, -0.2) is 4.39 Å². The molecular weight excluding hydrogens is 373 g/mol. The highest BCUT2D eigenvalue weighted by Gasteiger charge is 2.23. The fourth-order valence-electron chi connectivity index (χ4n) is 3.32. The molecule has 0 unspecified atom stereocenters. The highest BCUT2D eigenvalue weighted by molar-refractivity contribution is 5.94. The summed E-state index contributed by atoms with van der Waals surface area (Å²) in [6.07, 6.45) is 0. The van der Waals surface area contributed by atoms with Crippen LogP contribution < -0.4 is 10.6 Å². The van der Waals surface area contributed by atoms with Crippen LogP contribution in [0.1, 0.15) is 34.5 Å². The minimum atomic E-state index is -0.280. The Morgan fingerprint density at radius 3 is 2.31 bits per heavy atom. The molecule has 0 radical (unpaired) electrons. The molecule has 1 heterocycles. The van der Waals surface area contributed by atoms with Gasteiger partial charge in [-0.3, -0.25) is 14.5 Å². The quantitative estimate of drug-likeness (QED) is 0.749. The summed E-state index contributed by atoms with van der Waals surface area (Å²) < 4.78 is 18.8. The maximum Gasteiger partial charge on any atom is 0.251 e. The van der Waals surface area contributed by atoms with Gasteiger partial charge >= 0.3 is 0 Å². The van der Waals surface area contributed by atoms with Gasteiger partial charge in [-0.2, -0.15) is 0 Å². The molecule has 0 saturated carbocycles. The van der Waals surface area contributed by atoms with Crippen LogP contribution in [0.3, 0.4) is 0 Å². The molecule has 2 amide bonds. The van der Waals surface area contributed by atoms with Crippen molar-refractivity contribution in [1.29, 1.82) is 0 Å². The molecular formula is C22H26FN3O3. The summed E-state index contributed by atoms with van der Waals surface area (Å²) in [6, 6.07) is 13.5. The van der Waals surface area contributed by atoms with E-state index in [1.807, 2.05) is 12.1 Å². The van der Waals surface area contributed by atoms with Gasteiger partial charge in [0, 0.05) is 38.7 Å². The highest BCUT2D eigenvalue weighted by Crippen LogP contribution is 2.22. The highest BCUT2D eigenvalue weighted by atomic mass is 19.1. The number of ether oxygens (including phenoxy) is 1. The van der Waals surface area contributed by atoms with E-state index >= 15 is 0 Å². The van der Waals surface area contributed by atoms with Crippen LogP contribution in [-0.2, 0) is 16.1 Å². The Kier molecular flexibility index (Phi) is 7.32. The van der Waals surface area contributed by atoms with E-state index in [1.54, 1.807) is 24.3 Å². The van der Waals surface area contributed by atoms with Gasteiger partial charge in [0.25, 0.3) is 5.91 Å². The van der Waals surface area contributed by atoms with Crippen LogP contribution in [-0.4, -0.2) is 49.6 Å². The predicted octanol–water partition coefficient (Wildman–Crippen LogP) is 2.27. The number of nitrogens with one attached hydrogen (secondary N) is 2. The Hall–Kier alpha value is -2.77. The number of hydrogen-bond donors (Lipinski definition) is 2. The zero-order valence-corrected chi connectivity index (χ0v) is 16.5. The summed E-state index contributed by atoms with van der Waals surface area (Å²) in [5, 5.41) is 5.72. The van der Waals surface area contributed by atoms with E-state index in [9.17, 15) is 14.0 Å². The van der Waals surface area contributed by atoms with Gasteiger partial charge in [0.05, 0.1) is 19.3 Å². The maximum atomic E-state index is 13.3. The van der Waals surface area contributed by atoms with Crippen molar-refractivity contribution in [2.75, 3.05) is 32.8 Å². The van der Waals surface area contributed by atoms with Crippen molar-refractivity contribution in [3.8, 4) is 0 Å². The number of carbonyl (C=O) groups is 2. The zero-order chi connectivity index (χ0) is 20.6. The van der Waals surface area contributed by atoms with Crippen molar-refractivity contribution in [2.24, 2.45) is 0 Å². The largest absolute Gasteiger partial charge is 0.379 e. The third-order valence-corrected chi connectivity index (χ3v) is 4.95. The first-order valence-electron chi connectivity index (χ1n) is 9.72. The van der Waals surface area contributed by atoms with Gasteiger partial charge in [0.15, 0.2) is 0 Å². The monoisotopic (exact) mass is 399 g/mol. The van der Waals surface area contributed by atoms with Crippen molar-refractivity contribution in [1.82, 2.24) is 15.5 Å². The Balaban J connectivity index is 1.64. The number of carbonyl (C=O) groups excluding carboxylic acids is 2. The van der Waals surface area contributed by atoms with E-state index in [0.717, 1.165) is 24.2 Å². The van der Waals surface area contributed by atoms with Gasteiger partial charge in [0.1, 0.15) is 5.82 Å². The van der Waals surface area contributed by atoms with Crippen LogP contribution in [0.2, 0.25) is 0 Å². The van der Waals surface area contributed by atoms with Gasteiger partial charge in [-0.05, 0) is 35.4 Å². The minimum absolute atomic E-state index is 0.0533.